The Bertz CT molecular complexity index is 293. The maximum absolute atomic E-state index is 9.73. The standard InChI is InChI=1S/C8H13N3O2/c1-6-10-11-7(13-6)9-5-8(12)3-2-4-8/h12H,2-5H2,1H3,(H,9,11). The first-order valence-corrected chi connectivity index (χ1v) is 4.44. The fraction of sp³-hybridized carbons (Fsp3) is 0.750. The van der Waals surface area contributed by atoms with Crippen molar-refractivity contribution in [2.24, 2.45) is 0 Å². The molecule has 1 aromatic heterocycles. The molecule has 5 nitrogen and oxygen atoms in total. The van der Waals surface area contributed by atoms with Crippen LogP contribution in [0.1, 0.15) is 25.2 Å². The molecule has 1 aliphatic carbocycles. The van der Waals surface area contributed by atoms with Crippen LogP contribution in [0.3, 0.4) is 0 Å². The lowest BCUT2D eigenvalue weighted by Gasteiger charge is -2.36. The molecule has 1 heterocycles. The Kier molecular flexibility index (Phi) is 1.95. The van der Waals surface area contributed by atoms with Crippen LogP contribution in [0.5, 0.6) is 0 Å². The van der Waals surface area contributed by atoms with E-state index >= 15 is 0 Å². The van der Waals surface area contributed by atoms with Gasteiger partial charge in [-0.3, -0.25) is 0 Å². The summed E-state index contributed by atoms with van der Waals surface area (Å²) >= 11 is 0. The van der Waals surface area contributed by atoms with Gasteiger partial charge in [0.05, 0.1) is 5.60 Å². The number of hydrogen-bond acceptors (Lipinski definition) is 5. The third-order valence-corrected chi connectivity index (χ3v) is 2.38. The van der Waals surface area contributed by atoms with Gasteiger partial charge in [-0.1, -0.05) is 5.10 Å². The van der Waals surface area contributed by atoms with Gasteiger partial charge in [0.25, 0.3) is 0 Å². The Morgan fingerprint density at radius 2 is 2.31 bits per heavy atom. The molecule has 5 heteroatoms. The van der Waals surface area contributed by atoms with Gasteiger partial charge in [0.2, 0.25) is 5.89 Å². The van der Waals surface area contributed by atoms with E-state index in [1.807, 2.05) is 0 Å². The number of anilines is 1. The number of aryl methyl sites for hydroxylation is 1. The molecule has 0 radical (unpaired) electrons. The average Bonchev–Trinajstić information content (AvgIpc) is 2.44. The lowest BCUT2D eigenvalue weighted by atomic mass is 9.80. The van der Waals surface area contributed by atoms with E-state index in [9.17, 15) is 5.11 Å². The van der Waals surface area contributed by atoms with Crippen molar-refractivity contribution in [2.45, 2.75) is 31.8 Å². The Balaban J connectivity index is 1.85. The van der Waals surface area contributed by atoms with Crippen molar-refractivity contribution in [3.8, 4) is 0 Å². The summed E-state index contributed by atoms with van der Waals surface area (Å²) < 4.78 is 5.10. The van der Waals surface area contributed by atoms with Crippen molar-refractivity contribution >= 4 is 6.01 Å². The summed E-state index contributed by atoms with van der Waals surface area (Å²) in [5.74, 6) is 0.531. The molecule has 1 aromatic rings. The molecule has 2 N–H and O–H groups in total. The summed E-state index contributed by atoms with van der Waals surface area (Å²) in [6.45, 7) is 2.23. The number of nitrogens with one attached hydrogen (secondary N) is 1. The molecule has 1 fully saturated rings. The number of aliphatic hydroxyl groups is 1. The lowest BCUT2D eigenvalue weighted by molar-refractivity contribution is -0.0205. The summed E-state index contributed by atoms with van der Waals surface area (Å²) in [6, 6.07) is 0.387. The first-order chi connectivity index (χ1) is 6.18. The van der Waals surface area contributed by atoms with E-state index in [0.717, 1.165) is 19.3 Å². The van der Waals surface area contributed by atoms with Crippen LogP contribution < -0.4 is 5.32 Å². The molecular formula is C8H13N3O2. The van der Waals surface area contributed by atoms with Crippen LogP contribution in [-0.2, 0) is 0 Å². The van der Waals surface area contributed by atoms with Crippen molar-refractivity contribution in [3.63, 3.8) is 0 Å². The van der Waals surface area contributed by atoms with Crippen molar-refractivity contribution in [1.82, 2.24) is 10.2 Å². The average molecular weight is 183 g/mol. The fourth-order valence-corrected chi connectivity index (χ4v) is 1.37. The van der Waals surface area contributed by atoms with Crippen LogP contribution in [0.15, 0.2) is 4.42 Å². The predicted octanol–water partition coefficient (Wildman–Crippen LogP) is 0.705. The molecule has 1 saturated carbocycles. The smallest absolute Gasteiger partial charge is 0.315 e. The van der Waals surface area contributed by atoms with Gasteiger partial charge < -0.3 is 14.8 Å². The quantitative estimate of drug-likeness (QED) is 0.722. The highest BCUT2D eigenvalue weighted by Gasteiger charge is 2.34. The molecular weight excluding hydrogens is 170 g/mol. The molecule has 0 amide bonds. The van der Waals surface area contributed by atoms with Gasteiger partial charge in [-0.2, -0.15) is 0 Å². The molecule has 0 unspecified atom stereocenters. The van der Waals surface area contributed by atoms with Crippen LogP contribution in [0.4, 0.5) is 6.01 Å². The monoisotopic (exact) mass is 183 g/mol. The van der Waals surface area contributed by atoms with E-state index in [0.29, 0.717) is 18.5 Å². The minimum Gasteiger partial charge on any atom is -0.408 e. The van der Waals surface area contributed by atoms with Crippen molar-refractivity contribution in [2.75, 3.05) is 11.9 Å². The van der Waals surface area contributed by atoms with Crippen molar-refractivity contribution < 1.29 is 9.52 Å². The number of aromatic nitrogens is 2. The zero-order chi connectivity index (χ0) is 9.31. The molecule has 1 aliphatic rings. The highest BCUT2D eigenvalue weighted by molar-refractivity contribution is 5.18. The maximum Gasteiger partial charge on any atom is 0.315 e. The molecule has 72 valence electrons. The maximum atomic E-state index is 9.73. The Morgan fingerprint density at radius 1 is 1.54 bits per heavy atom. The van der Waals surface area contributed by atoms with Crippen molar-refractivity contribution in [1.29, 1.82) is 0 Å². The van der Waals surface area contributed by atoms with Crippen molar-refractivity contribution in [3.05, 3.63) is 5.89 Å². The highest BCUT2D eigenvalue weighted by atomic mass is 16.4. The number of nitrogens with zero attached hydrogens (tertiary/aromatic N) is 2. The van der Waals surface area contributed by atoms with Crippen LogP contribution in [0.25, 0.3) is 0 Å². The van der Waals surface area contributed by atoms with E-state index in [2.05, 4.69) is 15.5 Å². The fourth-order valence-electron chi connectivity index (χ4n) is 1.37. The van der Waals surface area contributed by atoms with Gasteiger partial charge in [0.15, 0.2) is 0 Å². The van der Waals surface area contributed by atoms with Gasteiger partial charge in [0.1, 0.15) is 0 Å². The van der Waals surface area contributed by atoms with Gasteiger partial charge in [-0.05, 0) is 19.3 Å². The zero-order valence-corrected chi connectivity index (χ0v) is 7.58. The SMILES string of the molecule is Cc1nnc(NCC2(O)CCC2)o1. The number of hydrogen-bond donors (Lipinski definition) is 2. The third kappa shape index (κ3) is 1.80. The summed E-state index contributed by atoms with van der Waals surface area (Å²) in [7, 11) is 0. The molecule has 0 spiro atoms. The number of rotatable bonds is 3. The molecule has 0 atom stereocenters. The lowest BCUT2D eigenvalue weighted by Crippen LogP contribution is -2.43. The minimum absolute atomic E-state index is 0.387. The highest BCUT2D eigenvalue weighted by Crippen LogP contribution is 2.31. The van der Waals surface area contributed by atoms with E-state index in [1.165, 1.54) is 0 Å². The Hall–Kier alpha value is -1.10. The largest absolute Gasteiger partial charge is 0.408 e. The Labute approximate surface area is 76.2 Å². The summed E-state index contributed by atoms with van der Waals surface area (Å²) in [4.78, 5) is 0. The van der Waals surface area contributed by atoms with Crippen LogP contribution >= 0.6 is 0 Å². The second-order valence-corrected chi connectivity index (χ2v) is 3.56. The molecule has 13 heavy (non-hydrogen) atoms. The molecule has 2 rings (SSSR count). The Morgan fingerprint density at radius 3 is 2.77 bits per heavy atom. The van der Waals surface area contributed by atoms with Gasteiger partial charge in [-0.15, -0.1) is 5.10 Å². The predicted molar refractivity (Wildman–Crippen MR) is 46.3 cm³/mol. The first-order valence-electron chi connectivity index (χ1n) is 4.44. The topological polar surface area (TPSA) is 71.2 Å². The molecule has 0 aromatic carbocycles. The minimum atomic E-state index is -0.553. The van der Waals surface area contributed by atoms with E-state index in [4.69, 9.17) is 4.42 Å². The molecule has 0 aliphatic heterocycles. The van der Waals surface area contributed by atoms with Crippen LogP contribution in [-0.4, -0.2) is 27.4 Å². The second kappa shape index (κ2) is 2.99. The first kappa shape index (κ1) is 8.50. The normalized spacial score (nSPS) is 19.5. The van der Waals surface area contributed by atoms with E-state index in [-0.39, 0.29) is 0 Å². The summed E-state index contributed by atoms with van der Waals surface area (Å²) in [5.41, 5.74) is -0.553. The summed E-state index contributed by atoms with van der Waals surface area (Å²) in [6.07, 6.45) is 2.81. The van der Waals surface area contributed by atoms with Gasteiger partial charge >= 0.3 is 6.01 Å². The third-order valence-electron chi connectivity index (χ3n) is 2.38. The van der Waals surface area contributed by atoms with Crippen LogP contribution in [0, 0.1) is 6.92 Å². The summed E-state index contributed by atoms with van der Waals surface area (Å²) in [5, 5.41) is 20.1. The van der Waals surface area contributed by atoms with Gasteiger partial charge in [0, 0.05) is 13.5 Å². The van der Waals surface area contributed by atoms with Crippen LogP contribution in [0.2, 0.25) is 0 Å². The van der Waals surface area contributed by atoms with E-state index < -0.39 is 5.60 Å². The van der Waals surface area contributed by atoms with Gasteiger partial charge in [-0.25, -0.2) is 0 Å². The zero-order valence-electron chi connectivity index (χ0n) is 7.58. The van der Waals surface area contributed by atoms with E-state index in [1.54, 1.807) is 6.92 Å². The second-order valence-electron chi connectivity index (χ2n) is 3.56. The molecule has 0 saturated heterocycles. The molecule has 0 bridgehead atoms.